The van der Waals surface area contributed by atoms with Crippen LogP contribution in [-0.4, -0.2) is 75.5 Å². The Morgan fingerprint density at radius 3 is 2.59 bits per heavy atom. The van der Waals surface area contributed by atoms with Crippen molar-refractivity contribution in [1.82, 2.24) is 4.90 Å². The number of nitrogens with zero attached hydrogens (tertiary/aromatic N) is 3. The lowest BCUT2D eigenvalue weighted by molar-refractivity contribution is -0.124. The Labute approximate surface area is 193 Å². The van der Waals surface area contributed by atoms with E-state index in [1.807, 2.05) is 11.9 Å². The lowest BCUT2D eigenvalue weighted by atomic mass is 9.95. The fourth-order valence-corrected chi connectivity index (χ4v) is 4.16. The summed E-state index contributed by atoms with van der Waals surface area (Å²) in [4.78, 5) is 31.7. The minimum atomic E-state index is -4.88. The molecular formula is C23H24F4N4O3. The molecule has 0 radical (unpaired) electrons. The van der Waals surface area contributed by atoms with Crippen LogP contribution in [0, 0.1) is 11.7 Å². The molecule has 1 atom stereocenters. The molecule has 0 bridgehead atoms. The van der Waals surface area contributed by atoms with E-state index in [2.05, 4.69) is 15.2 Å². The van der Waals surface area contributed by atoms with Gasteiger partial charge in [-0.2, -0.15) is 13.2 Å². The van der Waals surface area contributed by atoms with Crippen molar-refractivity contribution in [3.8, 4) is 0 Å². The van der Waals surface area contributed by atoms with Crippen LogP contribution in [0.2, 0.25) is 0 Å². The zero-order valence-electron chi connectivity index (χ0n) is 18.5. The SMILES string of the molecule is CN1CCN(c2cc(F)c(C3=CCOCC3)cc2NC(=O)C2C=NC(=O)C=C2C(F)(F)F)CC1. The minimum Gasteiger partial charge on any atom is -0.377 e. The van der Waals surface area contributed by atoms with Gasteiger partial charge in [0.2, 0.25) is 5.91 Å². The normalized spacial score (nSPS) is 21.9. The van der Waals surface area contributed by atoms with Crippen LogP contribution in [0.3, 0.4) is 0 Å². The van der Waals surface area contributed by atoms with Gasteiger partial charge < -0.3 is 19.9 Å². The molecule has 3 heterocycles. The molecule has 1 aromatic carbocycles. The number of rotatable bonds is 4. The summed E-state index contributed by atoms with van der Waals surface area (Å²) in [5.74, 6) is -4.37. The van der Waals surface area contributed by atoms with E-state index in [1.165, 1.54) is 12.1 Å². The molecule has 0 spiro atoms. The molecule has 0 aliphatic carbocycles. The molecule has 2 amide bonds. The number of hydrogen-bond acceptors (Lipinski definition) is 5. The summed E-state index contributed by atoms with van der Waals surface area (Å²) in [6, 6.07) is 2.77. The van der Waals surface area contributed by atoms with Crippen molar-refractivity contribution >= 4 is 35.0 Å². The van der Waals surface area contributed by atoms with Gasteiger partial charge >= 0.3 is 6.18 Å². The topological polar surface area (TPSA) is 74.2 Å². The van der Waals surface area contributed by atoms with Gasteiger partial charge in [0.1, 0.15) is 11.7 Å². The number of halogens is 4. The number of carbonyl (C=O) groups is 2. The number of amides is 2. The monoisotopic (exact) mass is 480 g/mol. The van der Waals surface area contributed by atoms with Crippen LogP contribution in [0.5, 0.6) is 0 Å². The van der Waals surface area contributed by atoms with E-state index in [9.17, 15) is 22.8 Å². The molecule has 0 aromatic heterocycles. The number of ether oxygens (including phenoxy) is 1. The first kappa shape index (κ1) is 24.1. The third kappa shape index (κ3) is 5.20. The maximum Gasteiger partial charge on any atom is 0.414 e. The minimum absolute atomic E-state index is 0.199. The Morgan fingerprint density at radius 1 is 1.21 bits per heavy atom. The number of nitrogens with one attached hydrogen (secondary N) is 1. The number of alkyl halides is 3. The highest BCUT2D eigenvalue weighted by Gasteiger charge is 2.43. The largest absolute Gasteiger partial charge is 0.414 e. The predicted molar refractivity (Wildman–Crippen MR) is 119 cm³/mol. The maximum atomic E-state index is 15.2. The van der Waals surface area contributed by atoms with E-state index in [1.54, 1.807) is 6.08 Å². The second-order valence-corrected chi connectivity index (χ2v) is 8.37. The van der Waals surface area contributed by atoms with E-state index in [0.29, 0.717) is 69.4 Å². The van der Waals surface area contributed by atoms with Gasteiger partial charge in [-0.3, -0.25) is 9.59 Å². The molecule has 4 rings (SSSR count). The molecule has 3 aliphatic rings. The highest BCUT2D eigenvalue weighted by Crippen LogP contribution is 2.37. The Bertz CT molecular complexity index is 1070. The lowest BCUT2D eigenvalue weighted by Gasteiger charge is -2.35. The van der Waals surface area contributed by atoms with Gasteiger partial charge in [-0.15, -0.1) is 0 Å². The van der Waals surface area contributed by atoms with Gasteiger partial charge in [0.25, 0.3) is 5.91 Å². The average Bonchev–Trinajstić information content (AvgIpc) is 2.80. The number of carbonyl (C=O) groups excluding carboxylic acids is 2. The second kappa shape index (κ2) is 9.67. The van der Waals surface area contributed by atoms with E-state index < -0.39 is 35.3 Å². The summed E-state index contributed by atoms with van der Waals surface area (Å²) in [6.07, 6.45) is -1.65. The van der Waals surface area contributed by atoms with Crippen molar-refractivity contribution in [1.29, 1.82) is 0 Å². The van der Waals surface area contributed by atoms with Crippen LogP contribution < -0.4 is 10.2 Å². The maximum absolute atomic E-state index is 15.2. The Balaban J connectivity index is 1.70. The lowest BCUT2D eigenvalue weighted by Crippen LogP contribution is -2.45. The third-order valence-electron chi connectivity index (χ3n) is 6.07. The number of likely N-dealkylation sites (N-methyl/N-ethyl adjacent to an activating group) is 1. The highest BCUT2D eigenvalue weighted by molar-refractivity contribution is 6.11. The van der Waals surface area contributed by atoms with E-state index in [-0.39, 0.29) is 11.3 Å². The molecule has 182 valence electrons. The summed E-state index contributed by atoms with van der Waals surface area (Å²) in [6.45, 7) is 3.27. The average molecular weight is 480 g/mol. The van der Waals surface area contributed by atoms with Crippen LogP contribution in [0.25, 0.3) is 5.57 Å². The molecule has 3 aliphatic heterocycles. The van der Waals surface area contributed by atoms with Gasteiger partial charge in [0.15, 0.2) is 0 Å². The molecule has 11 heteroatoms. The smallest absolute Gasteiger partial charge is 0.377 e. The number of dihydropyridines is 1. The molecule has 1 fully saturated rings. The van der Waals surface area contributed by atoms with Crippen LogP contribution >= 0.6 is 0 Å². The zero-order chi connectivity index (χ0) is 24.5. The first-order valence-corrected chi connectivity index (χ1v) is 10.9. The Kier molecular flexibility index (Phi) is 6.85. The molecule has 1 saturated heterocycles. The fraction of sp³-hybridized carbons (Fsp3) is 0.435. The summed E-state index contributed by atoms with van der Waals surface area (Å²) in [7, 11) is 1.95. The third-order valence-corrected chi connectivity index (χ3v) is 6.07. The number of aliphatic imine (C=N–C) groups is 1. The van der Waals surface area contributed by atoms with Gasteiger partial charge in [-0.25, -0.2) is 9.38 Å². The van der Waals surface area contributed by atoms with Crippen LogP contribution in [-0.2, 0) is 14.3 Å². The predicted octanol–water partition coefficient (Wildman–Crippen LogP) is 3.04. The van der Waals surface area contributed by atoms with Crippen LogP contribution in [0.15, 0.2) is 34.9 Å². The Hall–Kier alpha value is -3.05. The number of hydrogen-bond donors (Lipinski definition) is 1. The van der Waals surface area contributed by atoms with Crippen molar-refractivity contribution in [2.45, 2.75) is 12.6 Å². The highest BCUT2D eigenvalue weighted by atomic mass is 19.4. The second-order valence-electron chi connectivity index (χ2n) is 8.37. The van der Waals surface area contributed by atoms with E-state index in [0.717, 1.165) is 0 Å². The number of piperazine rings is 1. The van der Waals surface area contributed by atoms with E-state index in [4.69, 9.17) is 4.74 Å². The molecule has 34 heavy (non-hydrogen) atoms. The Morgan fingerprint density at radius 2 is 1.94 bits per heavy atom. The van der Waals surface area contributed by atoms with Gasteiger partial charge in [0, 0.05) is 44.0 Å². The molecule has 1 N–H and O–H groups in total. The van der Waals surface area contributed by atoms with Crippen molar-refractivity contribution in [3.63, 3.8) is 0 Å². The van der Waals surface area contributed by atoms with Crippen LogP contribution in [0.1, 0.15) is 12.0 Å². The van der Waals surface area contributed by atoms with Gasteiger partial charge in [-0.05, 0) is 31.2 Å². The summed E-state index contributed by atoms with van der Waals surface area (Å²) in [5.41, 5.74) is 0.253. The van der Waals surface area contributed by atoms with Crippen molar-refractivity contribution < 1.29 is 31.9 Å². The molecular weight excluding hydrogens is 456 g/mol. The standard InChI is InChI=1S/C23H24F4N4O3/c1-30-4-6-31(7-5-30)20-12-18(24)15(14-2-8-34-9-3-14)10-19(20)29-22(33)16-13-28-21(32)11-17(16)23(25,26)27/h2,10-13,16H,3-9H2,1H3,(H,29,33). The van der Waals surface area contributed by atoms with Crippen molar-refractivity contribution in [3.05, 3.63) is 41.2 Å². The summed E-state index contributed by atoms with van der Waals surface area (Å²) in [5, 5.41) is 2.55. The van der Waals surface area contributed by atoms with Gasteiger partial charge in [-0.1, -0.05) is 6.08 Å². The first-order valence-electron chi connectivity index (χ1n) is 10.9. The van der Waals surface area contributed by atoms with Crippen LogP contribution in [0.4, 0.5) is 28.9 Å². The van der Waals surface area contributed by atoms with E-state index >= 15 is 4.39 Å². The number of benzene rings is 1. The number of anilines is 2. The molecule has 7 nitrogen and oxygen atoms in total. The molecule has 1 aromatic rings. The summed E-state index contributed by atoms with van der Waals surface area (Å²) >= 11 is 0. The quantitative estimate of drug-likeness (QED) is 0.671. The first-order chi connectivity index (χ1) is 16.1. The van der Waals surface area contributed by atoms with Gasteiger partial charge in [0.05, 0.1) is 30.2 Å². The summed E-state index contributed by atoms with van der Waals surface area (Å²) < 4.78 is 60.9. The molecule has 0 saturated carbocycles. The van der Waals surface area contributed by atoms with Crippen molar-refractivity contribution in [2.75, 3.05) is 56.7 Å². The molecule has 1 unspecified atom stereocenters. The zero-order valence-corrected chi connectivity index (χ0v) is 18.5. The van der Waals surface area contributed by atoms with Crippen molar-refractivity contribution in [2.24, 2.45) is 10.9 Å². The fourth-order valence-electron chi connectivity index (χ4n) is 4.16.